The van der Waals surface area contributed by atoms with Crippen LogP contribution in [0.1, 0.15) is 32.3 Å². The van der Waals surface area contributed by atoms with Gasteiger partial charge >= 0.3 is 0 Å². The van der Waals surface area contributed by atoms with Crippen LogP contribution in [0.25, 0.3) is 0 Å². The molecule has 1 N–H and O–H groups in total. The summed E-state index contributed by atoms with van der Waals surface area (Å²) in [4.78, 5) is 4.28. The topological polar surface area (TPSA) is 34.1 Å². The van der Waals surface area contributed by atoms with E-state index in [1.807, 2.05) is 19.1 Å². The molecule has 21 heavy (non-hydrogen) atoms. The molecule has 112 valence electrons. The molecule has 0 amide bonds. The molecular weight excluding hydrogens is 260 g/mol. The molecule has 1 aromatic heterocycles. The van der Waals surface area contributed by atoms with Crippen LogP contribution in [0.2, 0.25) is 0 Å². The van der Waals surface area contributed by atoms with Gasteiger partial charge in [-0.2, -0.15) is 0 Å². The van der Waals surface area contributed by atoms with E-state index in [9.17, 15) is 0 Å². The van der Waals surface area contributed by atoms with E-state index in [1.54, 1.807) is 6.20 Å². The number of hydrogen-bond acceptors (Lipinski definition) is 3. The third kappa shape index (κ3) is 4.22. The molecule has 0 aliphatic heterocycles. The largest absolute Gasteiger partial charge is 0.476 e. The minimum atomic E-state index is 0.459. The summed E-state index contributed by atoms with van der Waals surface area (Å²) in [6, 6.07) is 14.6. The zero-order chi connectivity index (χ0) is 15.1. The predicted octanol–water partition coefficient (Wildman–Crippen LogP) is 4.33. The molecule has 0 saturated carbocycles. The van der Waals surface area contributed by atoms with Gasteiger partial charge in [0.05, 0.1) is 12.3 Å². The van der Waals surface area contributed by atoms with Gasteiger partial charge in [0.15, 0.2) is 0 Å². The van der Waals surface area contributed by atoms with Gasteiger partial charge in [0.1, 0.15) is 0 Å². The highest BCUT2D eigenvalue weighted by atomic mass is 16.5. The van der Waals surface area contributed by atoms with Gasteiger partial charge in [-0.05, 0) is 30.5 Å². The first kappa shape index (κ1) is 15.4. The van der Waals surface area contributed by atoms with Gasteiger partial charge in [0.2, 0.25) is 5.88 Å². The minimum absolute atomic E-state index is 0.459. The summed E-state index contributed by atoms with van der Waals surface area (Å²) in [6.45, 7) is 7.98. The standard InChI is InChI=1S/C18H24N2O/c1-4-21-18-17(11-8-12-19-18)20-13-16(14(2)3)15-9-6-5-7-10-15/h5-12,14,16,20H,4,13H2,1-3H3. The number of hydrogen-bond donors (Lipinski definition) is 1. The third-order valence-corrected chi connectivity index (χ3v) is 3.60. The molecule has 1 atom stereocenters. The van der Waals surface area contributed by atoms with Crippen molar-refractivity contribution in [3.63, 3.8) is 0 Å². The Hall–Kier alpha value is -2.03. The lowest BCUT2D eigenvalue weighted by molar-refractivity contribution is 0.328. The quantitative estimate of drug-likeness (QED) is 0.821. The van der Waals surface area contributed by atoms with Crippen molar-refractivity contribution in [2.45, 2.75) is 26.7 Å². The van der Waals surface area contributed by atoms with Crippen LogP contribution in [0.3, 0.4) is 0 Å². The molecule has 0 aliphatic carbocycles. The molecule has 0 radical (unpaired) electrons. The zero-order valence-corrected chi connectivity index (χ0v) is 13.0. The molecule has 0 saturated heterocycles. The van der Waals surface area contributed by atoms with Crippen LogP contribution in [-0.2, 0) is 0 Å². The van der Waals surface area contributed by atoms with E-state index in [1.165, 1.54) is 5.56 Å². The SMILES string of the molecule is CCOc1ncccc1NCC(c1ccccc1)C(C)C. The average Bonchev–Trinajstić information content (AvgIpc) is 2.50. The van der Waals surface area contributed by atoms with Crippen LogP contribution in [0.4, 0.5) is 5.69 Å². The number of nitrogens with zero attached hydrogens (tertiary/aromatic N) is 1. The monoisotopic (exact) mass is 284 g/mol. The fourth-order valence-corrected chi connectivity index (χ4v) is 2.44. The van der Waals surface area contributed by atoms with Crippen LogP contribution in [0, 0.1) is 5.92 Å². The van der Waals surface area contributed by atoms with Gasteiger partial charge in [-0.1, -0.05) is 44.2 Å². The number of nitrogens with one attached hydrogen (secondary N) is 1. The van der Waals surface area contributed by atoms with Crippen molar-refractivity contribution >= 4 is 5.69 Å². The highest BCUT2D eigenvalue weighted by molar-refractivity contribution is 5.52. The molecule has 0 fully saturated rings. The zero-order valence-electron chi connectivity index (χ0n) is 13.0. The Bertz CT molecular complexity index is 540. The second-order valence-electron chi connectivity index (χ2n) is 5.43. The summed E-state index contributed by atoms with van der Waals surface area (Å²) >= 11 is 0. The van der Waals surface area contributed by atoms with Crippen molar-refractivity contribution < 1.29 is 4.74 Å². The summed E-state index contributed by atoms with van der Waals surface area (Å²) in [5.41, 5.74) is 2.32. The van der Waals surface area contributed by atoms with E-state index in [2.05, 4.69) is 54.5 Å². The second kappa shape index (κ2) is 7.67. The molecule has 1 heterocycles. The Morgan fingerprint density at radius 1 is 1.10 bits per heavy atom. The van der Waals surface area contributed by atoms with Crippen LogP contribution < -0.4 is 10.1 Å². The first-order valence-corrected chi connectivity index (χ1v) is 7.59. The molecule has 2 rings (SSSR count). The van der Waals surface area contributed by atoms with Crippen molar-refractivity contribution in [3.8, 4) is 5.88 Å². The first-order chi connectivity index (χ1) is 10.2. The van der Waals surface area contributed by atoms with Crippen molar-refractivity contribution in [1.82, 2.24) is 4.98 Å². The fraction of sp³-hybridized carbons (Fsp3) is 0.389. The molecule has 3 nitrogen and oxygen atoms in total. The number of ether oxygens (including phenoxy) is 1. The lowest BCUT2D eigenvalue weighted by Gasteiger charge is -2.23. The van der Waals surface area contributed by atoms with Gasteiger partial charge in [0.25, 0.3) is 0 Å². The Balaban J connectivity index is 2.09. The first-order valence-electron chi connectivity index (χ1n) is 7.59. The summed E-state index contributed by atoms with van der Waals surface area (Å²) in [7, 11) is 0. The van der Waals surface area contributed by atoms with Crippen LogP contribution in [0.5, 0.6) is 5.88 Å². The smallest absolute Gasteiger partial charge is 0.237 e. The number of benzene rings is 1. The van der Waals surface area contributed by atoms with E-state index in [-0.39, 0.29) is 0 Å². The number of anilines is 1. The summed E-state index contributed by atoms with van der Waals surface area (Å²) in [6.07, 6.45) is 1.76. The normalized spacial score (nSPS) is 12.2. The van der Waals surface area contributed by atoms with Crippen molar-refractivity contribution in [3.05, 3.63) is 54.2 Å². The molecule has 3 heteroatoms. The molecule has 1 aromatic carbocycles. The molecule has 2 aromatic rings. The summed E-state index contributed by atoms with van der Waals surface area (Å²) in [5.74, 6) is 1.70. The van der Waals surface area contributed by atoms with Gasteiger partial charge in [-0.3, -0.25) is 0 Å². The van der Waals surface area contributed by atoms with Gasteiger partial charge in [-0.15, -0.1) is 0 Å². The maximum Gasteiger partial charge on any atom is 0.237 e. The van der Waals surface area contributed by atoms with Crippen molar-refractivity contribution in [2.75, 3.05) is 18.5 Å². The summed E-state index contributed by atoms with van der Waals surface area (Å²) < 4.78 is 5.56. The maximum absolute atomic E-state index is 5.56. The van der Waals surface area contributed by atoms with Crippen LogP contribution >= 0.6 is 0 Å². The molecule has 1 unspecified atom stereocenters. The predicted molar refractivity (Wildman–Crippen MR) is 87.9 cm³/mol. The molecule has 0 aliphatic rings. The molecule has 0 spiro atoms. The maximum atomic E-state index is 5.56. The van der Waals surface area contributed by atoms with E-state index < -0.39 is 0 Å². The Labute approximate surface area is 127 Å². The Morgan fingerprint density at radius 2 is 1.86 bits per heavy atom. The Kier molecular flexibility index (Phi) is 5.61. The van der Waals surface area contributed by atoms with E-state index in [0.717, 1.165) is 12.2 Å². The molecular formula is C18H24N2O. The van der Waals surface area contributed by atoms with Crippen LogP contribution in [-0.4, -0.2) is 18.1 Å². The fourth-order valence-electron chi connectivity index (χ4n) is 2.44. The van der Waals surface area contributed by atoms with Crippen molar-refractivity contribution in [1.29, 1.82) is 0 Å². The second-order valence-corrected chi connectivity index (χ2v) is 5.43. The summed E-state index contributed by atoms with van der Waals surface area (Å²) in [5, 5.41) is 3.49. The molecule has 0 bridgehead atoms. The third-order valence-electron chi connectivity index (χ3n) is 3.60. The minimum Gasteiger partial charge on any atom is -0.476 e. The van der Waals surface area contributed by atoms with Crippen molar-refractivity contribution in [2.24, 2.45) is 5.92 Å². The Morgan fingerprint density at radius 3 is 2.52 bits per heavy atom. The van der Waals surface area contributed by atoms with Crippen LogP contribution in [0.15, 0.2) is 48.7 Å². The van der Waals surface area contributed by atoms with Gasteiger partial charge in [-0.25, -0.2) is 4.98 Å². The lowest BCUT2D eigenvalue weighted by atomic mass is 9.88. The highest BCUT2D eigenvalue weighted by Gasteiger charge is 2.16. The lowest BCUT2D eigenvalue weighted by Crippen LogP contribution is -2.18. The average molecular weight is 284 g/mol. The number of pyridine rings is 1. The van der Waals surface area contributed by atoms with Gasteiger partial charge in [0, 0.05) is 18.7 Å². The van der Waals surface area contributed by atoms with Gasteiger partial charge < -0.3 is 10.1 Å². The van der Waals surface area contributed by atoms with E-state index >= 15 is 0 Å². The highest BCUT2D eigenvalue weighted by Crippen LogP contribution is 2.27. The number of rotatable bonds is 7. The number of aromatic nitrogens is 1. The van der Waals surface area contributed by atoms with E-state index in [4.69, 9.17) is 4.74 Å². The van der Waals surface area contributed by atoms with E-state index in [0.29, 0.717) is 24.3 Å².